The lowest BCUT2D eigenvalue weighted by molar-refractivity contribution is 0.0913. The fourth-order valence-electron chi connectivity index (χ4n) is 1.37. The SMILES string of the molecule is CC(C)(C)NC(=O)c1ccc(NC2CC2)nn1. The third-order valence-electron chi connectivity index (χ3n) is 2.32. The molecule has 0 saturated heterocycles. The van der Waals surface area contributed by atoms with E-state index in [2.05, 4.69) is 20.8 Å². The molecule has 0 radical (unpaired) electrons. The molecule has 0 aliphatic heterocycles. The maximum absolute atomic E-state index is 11.8. The van der Waals surface area contributed by atoms with Crippen LogP contribution in [-0.2, 0) is 0 Å². The first kappa shape index (κ1) is 11.8. The van der Waals surface area contributed by atoms with Crippen LogP contribution in [0.5, 0.6) is 0 Å². The smallest absolute Gasteiger partial charge is 0.272 e. The summed E-state index contributed by atoms with van der Waals surface area (Å²) in [6.07, 6.45) is 2.38. The Hall–Kier alpha value is -1.65. The second kappa shape index (κ2) is 4.31. The van der Waals surface area contributed by atoms with Gasteiger partial charge in [-0.3, -0.25) is 4.79 Å². The summed E-state index contributed by atoms with van der Waals surface area (Å²) in [4.78, 5) is 11.8. The second-order valence-corrected chi connectivity index (χ2v) is 5.43. The Kier molecular flexibility index (Phi) is 3.00. The molecule has 1 aliphatic rings. The van der Waals surface area contributed by atoms with Gasteiger partial charge in [-0.15, -0.1) is 10.2 Å². The number of amides is 1. The Morgan fingerprint density at radius 2 is 2.00 bits per heavy atom. The third kappa shape index (κ3) is 3.69. The van der Waals surface area contributed by atoms with Crippen molar-refractivity contribution in [3.63, 3.8) is 0 Å². The van der Waals surface area contributed by atoms with Crippen LogP contribution in [0.25, 0.3) is 0 Å². The van der Waals surface area contributed by atoms with Crippen LogP contribution in [0.2, 0.25) is 0 Å². The molecule has 1 aromatic rings. The fraction of sp³-hybridized carbons (Fsp3) is 0.583. The molecule has 0 atom stereocenters. The summed E-state index contributed by atoms with van der Waals surface area (Å²) in [6, 6.07) is 4.03. The Bertz CT molecular complexity index is 404. The molecule has 1 heterocycles. The summed E-state index contributed by atoms with van der Waals surface area (Å²) in [5.74, 6) is 0.544. The van der Waals surface area contributed by atoms with E-state index in [0.29, 0.717) is 11.7 Å². The first-order valence-electron chi connectivity index (χ1n) is 5.87. The molecule has 1 fully saturated rings. The van der Waals surface area contributed by atoms with E-state index < -0.39 is 0 Å². The maximum atomic E-state index is 11.8. The lowest BCUT2D eigenvalue weighted by atomic mass is 10.1. The molecule has 1 aromatic heterocycles. The standard InChI is InChI=1S/C12H18N4O/c1-12(2,3)14-11(17)9-6-7-10(16-15-9)13-8-4-5-8/h6-8H,4-5H2,1-3H3,(H,13,16)(H,14,17). The summed E-state index contributed by atoms with van der Waals surface area (Å²) in [5.41, 5.74) is 0.0882. The first-order valence-corrected chi connectivity index (χ1v) is 5.87. The van der Waals surface area contributed by atoms with E-state index in [1.165, 1.54) is 12.8 Å². The van der Waals surface area contributed by atoms with Crippen LogP contribution in [0.1, 0.15) is 44.1 Å². The molecule has 2 N–H and O–H groups in total. The number of hydrogen-bond donors (Lipinski definition) is 2. The molecule has 1 amide bonds. The van der Waals surface area contributed by atoms with Crippen molar-refractivity contribution < 1.29 is 4.79 Å². The molecule has 0 bridgehead atoms. The summed E-state index contributed by atoms with van der Waals surface area (Å²) < 4.78 is 0. The minimum Gasteiger partial charge on any atom is -0.366 e. The van der Waals surface area contributed by atoms with Crippen LogP contribution in [0.3, 0.4) is 0 Å². The third-order valence-corrected chi connectivity index (χ3v) is 2.32. The highest BCUT2D eigenvalue weighted by Gasteiger charge is 2.22. The zero-order chi connectivity index (χ0) is 12.5. The largest absolute Gasteiger partial charge is 0.366 e. The number of anilines is 1. The van der Waals surface area contributed by atoms with Gasteiger partial charge in [-0.05, 0) is 45.7 Å². The van der Waals surface area contributed by atoms with Gasteiger partial charge in [-0.2, -0.15) is 0 Å². The van der Waals surface area contributed by atoms with Gasteiger partial charge in [0.25, 0.3) is 5.91 Å². The van der Waals surface area contributed by atoms with Crippen LogP contribution in [0.15, 0.2) is 12.1 Å². The van der Waals surface area contributed by atoms with Crippen molar-refractivity contribution in [2.45, 2.75) is 45.2 Å². The van der Waals surface area contributed by atoms with Gasteiger partial charge in [0, 0.05) is 11.6 Å². The fourth-order valence-corrected chi connectivity index (χ4v) is 1.37. The molecule has 1 aliphatic carbocycles. The van der Waals surface area contributed by atoms with Gasteiger partial charge in [0.2, 0.25) is 0 Å². The van der Waals surface area contributed by atoms with Gasteiger partial charge in [0.1, 0.15) is 5.82 Å². The first-order chi connectivity index (χ1) is 7.94. The van der Waals surface area contributed by atoms with Gasteiger partial charge in [0.05, 0.1) is 0 Å². The number of aromatic nitrogens is 2. The van der Waals surface area contributed by atoms with Gasteiger partial charge >= 0.3 is 0 Å². The number of carbonyl (C=O) groups excluding carboxylic acids is 1. The zero-order valence-corrected chi connectivity index (χ0v) is 10.4. The molecular formula is C12H18N4O. The molecule has 0 aromatic carbocycles. The molecule has 92 valence electrons. The quantitative estimate of drug-likeness (QED) is 0.833. The van der Waals surface area contributed by atoms with Gasteiger partial charge in [-0.1, -0.05) is 0 Å². The van der Waals surface area contributed by atoms with E-state index in [-0.39, 0.29) is 11.4 Å². The Morgan fingerprint density at radius 3 is 2.47 bits per heavy atom. The molecule has 5 nitrogen and oxygen atoms in total. The highest BCUT2D eigenvalue weighted by atomic mass is 16.2. The van der Waals surface area contributed by atoms with Crippen molar-refractivity contribution in [1.29, 1.82) is 0 Å². The van der Waals surface area contributed by atoms with E-state index in [1.807, 2.05) is 20.8 Å². The topological polar surface area (TPSA) is 66.9 Å². The van der Waals surface area contributed by atoms with Crippen molar-refractivity contribution in [3.05, 3.63) is 17.8 Å². The molecule has 5 heteroatoms. The van der Waals surface area contributed by atoms with Gasteiger partial charge in [0.15, 0.2) is 5.69 Å². The number of carbonyl (C=O) groups is 1. The van der Waals surface area contributed by atoms with E-state index in [1.54, 1.807) is 12.1 Å². The number of nitrogens with zero attached hydrogens (tertiary/aromatic N) is 2. The molecule has 17 heavy (non-hydrogen) atoms. The molecule has 0 unspecified atom stereocenters. The normalized spacial score (nSPS) is 15.5. The van der Waals surface area contributed by atoms with Crippen molar-refractivity contribution in [1.82, 2.24) is 15.5 Å². The Balaban J connectivity index is 1.98. The van der Waals surface area contributed by atoms with E-state index in [9.17, 15) is 4.79 Å². The lowest BCUT2D eigenvalue weighted by Gasteiger charge is -2.19. The monoisotopic (exact) mass is 234 g/mol. The predicted molar refractivity (Wildman–Crippen MR) is 65.9 cm³/mol. The number of hydrogen-bond acceptors (Lipinski definition) is 4. The van der Waals surface area contributed by atoms with Crippen LogP contribution < -0.4 is 10.6 Å². The summed E-state index contributed by atoms with van der Waals surface area (Å²) in [5, 5.41) is 14.0. The van der Waals surface area contributed by atoms with Crippen LogP contribution in [-0.4, -0.2) is 27.7 Å². The van der Waals surface area contributed by atoms with Crippen molar-refractivity contribution in [2.75, 3.05) is 5.32 Å². The zero-order valence-electron chi connectivity index (χ0n) is 10.4. The number of rotatable bonds is 3. The maximum Gasteiger partial charge on any atom is 0.272 e. The number of nitrogens with one attached hydrogen (secondary N) is 2. The minimum absolute atomic E-state index is 0.192. The van der Waals surface area contributed by atoms with Gasteiger partial charge in [-0.25, -0.2) is 0 Å². The molecular weight excluding hydrogens is 216 g/mol. The summed E-state index contributed by atoms with van der Waals surface area (Å²) >= 11 is 0. The molecule has 2 rings (SSSR count). The van der Waals surface area contributed by atoms with E-state index >= 15 is 0 Å². The lowest BCUT2D eigenvalue weighted by Crippen LogP contribution is -2.41. The van der Waals surface area contributed by atoms with Crippen molar-refractivity contribution >= 4 is 11.7 Å². The molecule has 1 saturated carbocycles. The van der Waals surface area contributed by atoms with E-state index in [0.717, 1.165) is 5.82 Å². The van der Waals surface area contributed by atoms with Crippen LogP contribution >= 0.6 is 0 Å². The molecule has 0 spiro atoms. The van der Waals surface area contributed by atoms with Crippen LogP contribution in [0.4, 0.5) is 5.82 Å². The average Bonchev–Trinajstić information content (AvgIpc) is 3.00. The minimum atomic E-state index is -0.260. The van der Waals surface area contributed by atoms with Crippen molar-refractivity contribution in [3.8, 4) is 0 Å². The van der Waals surface area contributed by atoms with Gasteiger partial charge < -0.3 is 10.6 Å². The average molecular weight is 234 g/mol. The Labute approximate surface area is 101 Å². The van der Waals surface area contributed by atoms with Crippen LogP contribution in [0, 0.1) is 0 Å². The predicted octanol–water partition coefficient (Wildman–Crippen LogP) is 1.58. The second-order valence-electron chi connectivity index (χ2n) is 5.43. The van der Waals surface area contributed by atoms with Crippen molar-refractivity contribution in [2.24, 2.45) is 0 Å². The summed E-state index contributed by atoms with van der Waals surface area (Å²) in [7, 11) is 0. The Morgan fingerprint density at radius 1 is 1.29 bits per heavy atom. The highest BCUT2D eigenvalue weighted by Crippen LogP contribution is 2.23. The highest BCUT2D eigenvalue weighted by molar-refractivity contribution is 5.92. The summed E-state index contributed by atoms with van der Waals surface area (Å²) in [6.45, 7) is 5.80. The van der Waals surface area contributed by atoms with E-state index in [4.69, 9.17) is 0 Å².